The molecule has 0 saturated carbocycles. The Balaban J connectivity index is 1.68. The first-order chi connectivity index (χ1) is 17.6. The van der Waals surface area contributed by atoms with E-state index in [1.54, 1.807) is 25.1 Å². The molecule has 1 atom stereocenters. The summed E-state index contributed by atoms with van der Waals surface area (Å²) in [5, 5.41) is 29.0. The predicted molar refractivity (Wildman–Crippen MR) is 131 cm³/mol. The molecule has 10 nitrogen and oxygen atoms in total. The number of anilines is 5. The lowest BCUT2D eigenvalue weighted by atomic mass is 10.0. The number of nitrogens with one attached hydrogen (secondary N) is 1. The zero-order chi connectivity index (χ0) is 26.7. The molecule has 1 aromatic carbocycles. The topological polar surface area (TPSA) is 135 Å². The van der Waals surface area contributed by atoms with E-state index in [9.17, 15) is 13.9 Å². The minimum atomic E-state index is -3.11. The van der Waals surface area contributed by atoms with Gasteiger partial charge in [-0.25, -0.2) is 4.98 Å². The molecule has 0 spiro atoms. The number of alkyl halides is 2. The maximum atomic E-state index is 15.5. The van der Waals surface area contributed by atoms with Crippen LogP contribution in [0.5, 0.6) is 5.88 Å². The maximum absolute atomic E-state index is 15.5. The van der Waals surface area contributed by atoms with Crippen molar-refractivity contribution in [2.75, 3.05) is 16.2 Å². The van der Waals surface area contributed by atoms with Crippen LogP contribution in [0.4, 0.5) is 42.0 Å². The zero-order valence-electron chi connectivity index (χ0n) is 20.0. The van der Waals surface area contributed by atoms with Gasteiger partial charge in [0.1, 0.15) is 0 Å². The van der Waals surface area contributed by atoms with Crippen molar-refractivity contribution < 1.29 is 23.1 Å². The zero-order valence-corrected chi connectivity index (χ0v) is 20.0. The number of benzene rings is 1. The summed E-state index contributed by atoms with van der Waals surface area (Å²) in [4.78, 5) is 4.35. The van der Waals surface area contributed by atoms with Crippen LogP contribution in [0.3, 0.4) is 0 Å². The number of hydrogen-bond donors (Lipinski definition) is 3. The van der Waals surface area contributed by atoms with E-state index in [2.05, 4.69) is 35.4 Å². The number of aliphatic hydroxyl groups excluding tert-OH is 1. The predicted octanol–water partition coefficient (Wildman–Crippen LogP) is 4.95. The van der Waals surface area contributed by atoms with Crippen LogP contribution in [0.15, 0.2) is 48.5 Å². The number of hydrogen-bond acceptors (Lipinski definition) is 10. The van der Waals surface area contributed by atoms with Crippen molar-refractivity contribution in [2.24, 2.45) is 0 Å². The van der Waals surface area contributed by atoms with E-state index >= 15 is 4.48 Å². The van der Waals surface area contributed by atoms with Crippen LogP contribution in [0.1, 0.15) is 30.0 Å². The van der Waals surface area contributed by atoms with Crippen LogP contribution >= 0.6 is 0 Å². The monoisotopic (exact) mass is 512 g/mol. The summed E-state index contributed by atoms with van der Waals surface area (Å²) in [5.41, 5.74) is 8.56. The molecule has 37 heavy (non-hydrogen) atoms. The Morgan fingerprint density at radius 3 is 2.43 bits per heavy atom. The van der Waals surface area contributed by atoms with Crippen LogP contribution in [-0.2, 0) is 0 Å². The normalized spacial score (nSPS) is 11.9. The third-order valence-corrected chi connectivity index (χ3v) is 5.29. The van der Waals surface area contributed by atoms with Crippen LogP contribution in [0.2, 0.25) is 0 Å². The molecule has 0 radical (unpaired) electrons. The third kappa shape index (κ3) is 5.83. The maximum Gasteiger partial charge on any atom is 0.388 e. The first-order valence-electron chi connectivity index (χ1n) is 11.0. The van der Waals surface area contributed by atoms with Crippen molar-refractivity contribution >= 4 is 28.7 Å². The van der Waals surface area contributed by atoms with Gasteiger partial charge in [-0.15, -0.1) is 10.2 Å². The average Bonchev–Trinajstić information content (AvgIpc) is 2.85. The molecule has 1 unspecified atom stereocenters. The highest BCUT2D eigenvalue weighted by Gasteiger charge is 2.21. The Hall–Kier alpha value is -4.52. The Morgan fingerprint density at radius 1 is 1.00 bits per heavy atom. The van der Waals surface area contributed by atoms with Crippen molar-refractivity contribution in [1.82, 2.24) is 25.4 Å². The lowest BCUT2D eigenvalue weighted by Crippen LogP contribution is -2.11. The number of nitrogens with zero attached hydrogens (tertiary/aromatic N) is 6. The van der Waals surface area contributed by atoms with E-state index in [0.29, 0.717) is 22.8 Å². The number of pyridine rings is 1. The molecule has 0 aliphatic rings. The Bertz CT molecular complexity index is 1400. The van der Waals surface area contributed by atoms with Gasteiger partial charge < -0.3 is 20.9 Å². The molecule has 13 heteroatoms. The van der Waals surface area contributed by atoms with Gasteiger partial charge >= 0.3 is 6.61 Å². The van der Waals surface area contributed by atoms with Gasteiger partial charge in [0.2, 0.25) is 5.88 Å². The van der Waals surface area contributed by atoms with Gasteiger partial charge in [0.15, 0.2) is 11.6 Å². The highest BCUT2D eigenvalue weighted by Crippen LogP contribution is 2.36. The van der Waals surface area contributed by atoms with Crippen molar-refractivity contribution in [2.45, 2.75) is 33.5 Å². The number of ether oxygens (including phenoxy) is 1. The Kier molecular flexibility index (Phi) is 7.34. The molecular formula is C24H23F3N8O2. The average molecular weight is 512 g/mol. The number of aromatic nitrogens is 5. The fraction of sp³-hybridized carbons (Fsp3) is 0.208. The number of aryl methyl sites for hydroxylation is 2. The molecule has 0 bridgehead atoms. The second kappa shape index (κ2) is 10.6. The van der Waals surface area contributed by atoms with E-state index in [1.807, 2.05) is 6.92 Å². The summed E-state index contributed by atoms with van der Waals surface area (Å²) < 4.78 is 45.3. The number of nitrogens with two attached hydrogens (primary N) is 1. The molecule has 0 aliphatic heterocycles. The smallest absolute Gasteiger partial charge is 0.388 e. The van der Waals surface area contributed by atoms with Gasteiger partial charge in [0.25, 0.3) is 0 Å². The second-order valence-electron chi connectivity index (χ2n) is 8.08. The molecule has 3 aromatic heterocycles. The van der Waals surface area contributed by atoms with E-state index in [4.69, 9.17) is 5.73 Å². The first kappa shape index (κ1) is 25.6. The van der Waals surface area contributed by atoms with Gasteiger partial charge in [-0.2, -0.15) is 24.1 Å². The molecule has 0 amide bonds. The molecule has 4 rings (SSSR count). The molecule has 0 saturated heterocycles. The summed E-state index contributed by atoms with van der Waals surface area (Å²) in [6, 6.07) is 12.2. The molecule has 4 aromatic rings. The summed E-state index contributed by atoms with van der Waals surface area (Å²) in [5.74, 6) is -0.114. The largest absolute Gasteiger partial charge is 0.415 e. The number of halogens is 3. The third-order valence-electron chi connectivity index (χ3n) is 5.29. The van der Waals surface area contributed by atoms with Crippen molar-refractivity contribution in [3.63, 3.8) is 0 Å². The van der Waals surface area contributed by atoms with Gasteiger partial charge in [-0.1, -0.05) is 10.5 Å². The Morgan fingerprint density at radius 2 is 1.78 bits per heavy atom. The fourth-order valence-electron chi connectivity index (χ4n) is 3.49. The van der Waals surface area contributed by atoms with Gasteiger partial charge in [-0.3, -0.25) is 0 Å². The van der Waals surface area contributed by atoms with Gasteiger partial charge in [0.05, 0.1) is 34.6 Å². The first-order valence-corrected chi connectivity index (χ1v) is 11.0. The number of aliphatic hydroxyl groups is 1. The van der Waals surface area contributed by atoms with E-state index in [1.165, 1.54) is 37.3 Å². The number of nitrogen functional groups attached to an aromatic ring is 1. The molecular weight excluding hydrogens is 489 g/mol. The van der Waals surface area contributed by atoms with Crippen molar-refractivity contribution in [1.29, 1.82) is 0 Å². The summed E-state index contributed by atoms with van der Waals surface area (Å²) in [6.07, 6.45) is -1.00. The molecule has 192 valence electrons. The number of rotatable bonds is 8. The minimum Gasteiger partial charge on any atom is -0.415 e. The Labute approximate surface area is 209 Å². The SMILES string of the molecule is Cc1ccc(Nc2ccc(N(F)c3ccc(C(C)O)c(-c4cc(OC(F)F)nnc4C)n3)c(N)c2)nn1. The lowest BCUT2D eigenvalue weighted by Gasteiger charge is -2.19. The minimum absolute atomic E-state index is 0.00934. The van der Waals surface area contributed by atoms with Crippen LogP contribution < -0.4 is 20.9 Å². The van der Waals surface area contributed by atoms with Crippen molar-refractivity contribution in [3.8, 4) is 17.1 Å². The molecule has 3 heterocycles. The van der Waals surface area contributed by atoms with E-state index in [-0.39, 0.29) is 33.6 Å². The standard InChI is InChI=1S/C24H23F3N8O2/c1-12-4-8-20(33-31-12)29-15-5-7-19(18(28)10-15)35(27)21-9-6-16(14(3)36)23(30-21)17-11-22(37-24(25)26)34-32-13(17)2/h4-11,14,24,36H,28H2,1-3H3,(H,29,33). The molecule has 4 N–H and O–H groups in total. The molecule has 0 aliphatic carbocycles. The van der Waals surface area contributed by atoms with Crippen LogP contribution in [0.25, 0.3) is 11.3 Å². The highest BCUT2D eigenvalue weighted by molar-refractivity contribution is 5.78. The van der Waals surface area contributed by atoms with Crippen LogP contribution in [0, 0.1) is 13.8 Å². The van der Waals surface area contributed by atoms with Crippen LogP contribution in [-0.4, -0.2) is 37.1 Å². The van der Waals surface area contributed by atoms with Gasteiger partial charge in [0, 0.05) is 22.9 Å². The van der Waals surface area contributed by atoms with E-state index in [0.717, 1.165) is 5.69 Å². The molecule has 0 fully saturated rings. The second-order valence-corrected chi connectivity index (χ2v) is 8.08. The summed E-state index contributed by atoms with van der Waals surface area (Å²) in [6.45, 7) is 1.77. The van der Waals surface area contributed by atoms with Crippen molar-refractivity contribution in [3.05, 3.63) is 65.5 Å². The highest BCUT2D eigenvalue weighted by atomic mass is 19.3. The van der Waals surface area contributed by atoms with E-state index < -0.39 is 18.6 Å². The summed E-state index contributed by atoms with van der Waals surface area (Å²) >= 11 is 0. The lowest BCUT2D eigenvalue weighted by molar-refractivity contribution is -0.0534. The fourth-order valence-corrected chi connectivity index (χ4v) is 3.49. The summed E-state index contributed by atoms with van der Waals surface area (Å²) in [7, 11) is 0. The quantitative estimate of drug-likeness (QED) is 0.220. The van der Waals surface area contributed by atoms with Gasteiger partial charge in [-0.05, 0) is 57.2 Å².